The maximum absolute atomic E-state index is 11.3. The molecule has 20 heavy (non-hydrogen) atoms. The number of rotatable bonds is 3. The van der Waals surface area contributed by atoms with Gasteiger partial charge in [-0.2, -0.15) is 0 Å². The fraction of sp³-hybridized carbons (Fsp3) is 0.125. The number of carbonyl (C=O) groups is 2. The van der Waals surface area contributed by atoms with E-state index in [-0.39, 0.29) is 11.5 Å². The van der Waals surface area contributed by atoms with Gasteiger partial charge >= 0.3 is 5.97 Å². The number of aryl methyl sites for hydroxylation is 1. The summed E-state index contributed by atoms with van der Waals surface area (Å²) in [6.45, 7) is 3.28. The van der Waals surface area contributed by atoms with E-state index >= 15 is 0 Å². The number of benzene rings is 2. The average Bonchev–Trinajstić information content (AvgIpc) is 2.38. The standard InChI is InChI=1S/C16H15NO3/c1-10-6-7-14(15(8-10)16(19)20)12-4-3-5-13(9-12)17-11(2)18/h3-9H,1-2H3,(H,17,18)(H,19,20). The van der Waals surface area contributed by atoms with Crippen molar-refractivity contribution in [2.75, 3.05) is 5.32 Å². The molecule has 4 heteroatoms. The van der Waals surface area contributed by atoms with Crippen LogP contribution in [0.5, 0.6) is 0 Å². The van der Waals surface area contributed by atoms with Crippen LogP contribution in [0.2, 0.25) is 0 Å². The third kappa shape index (κ3) is 3.03. The third-order valence-corrected chi connectivity index (χ3v) is 2.90. The van der Waals surface area contributed by atoms with E-state index in [0.29, 0.717) is 11.3 Å². The summed E-state index contributed by atoms with van der Waals surface area (Å²) in [5.74, 6) is -1.13. The Kier molecular flexibility index (Phi) is 3.84. The van der Waals surface area contributed by atoms with Crippen LogP contribution in [-0.2, 0) is 4.79 Å². The summed E-state index contributed by atoms with van der Waals surface area (Å²) in [6, 6.07) is 12.4. The van der Waals surface area contributed by atoms with Crippen LogP contribution < -0.4 is 5.32 Å². The lowest BCUT2D eigenvalue weighted by Crippen LogP contribution is -2.06. The summed E-state index contributed by atoms with van der Waals surface area (Å²) in [5, 5.41) is 12.0. The Morgan fingerprint density at radius 1 is 1.10 bits per heavy atom. The number of hydrogen-bond donors (Lipinski definition) is 2. The molecule has 0 aliphatic rings. The second-order valence-corrected chi connectivity index (χ2v) is 4.62. The monoisotopic (exact) mass is 269 g/mol. The number of amides is 1. The Morgan fingerprint density at radius 3 is 2.50 bits per heavy atom. The van der Waals surface area contributed by atoms with Crippen molar-refractivity contribution in [2.24, 2.45) is 0 Å². The first-order chi connectivity index (χ1) is 9.47. The van der Waals surface area contributed by atoms with Crippen LogP contribution in [0, 0.1) is 6.92 Å². The smallest absolute Gasteiger partial charge is 0.336 e. The number of carboxylic acid groups (broad SMARTS) is 1. The molecule has 2 aromatic rings. The summed E-state index contributed by atoms with van der Waals surface area (Å²) >= 11 is 0. The summed E-state index contributed by atoms with van der Waals surface area (Å²) in [5.41, 5.74) is 3.19. The van der Waals surface area contributed by atoms with Gasteiger partial charge in [0.05, 0.1) is 5.56 Å². The highest BCUT2D eigenvalue weighted by Crippen LogP contribution is 2.27. The Balaban J connectivity index is 2.51. The van der Waals surface area contributed by atoms with Crippen LogP contribution in [-0.4, -0.2) is 17.0 Å². The molecule has 0 spiro atoms. The van der Waals surface area contributed by atoms with E-state index in [0.717, 1.165) is 11.1 Å². The summed E-state index contributed by atoms with van der Waals surface area (Å²) in [4.78, 5) is 22.4. The van der Waals surface area contributed by atoms with Gasteiger partial charge in [0.1, 0.15) is 0 Å². The number of hydrogen-bond acceptors (Lipinski definition) is 2. The van der Waals surface area contributed by atoms with Crippen LogP contribution >= 0.6 is 0 Å². The number of aromatic carboxylic acids is 1. The molecule has 0 atom stereocenters. The van der Waals surface area contributed by atoms with Crippen molar-refractivity contribution in [3.05, 3.63) is 53.6 Å². The summed E-state index contributed by atoms with van der Waals surface area (Å²) < 4.78 is 0. The molecule has 0 radical (unpaired) electrons. The Morgan fingerprint density at radius 2 is 1.85 bits per heavy atom. The number of nitrogens with one attached hydrogen (secondary N) is 1. The lowest BCUT2D eigenvalue weighted by atomic mass is 9.97. The van der Waals surface area contributed by atoms with E-state index < -0.39 is 5.97 Å². The number of anilines is 1. The molecule has 0 aliphatic heterocycles. The molecule has 0 saturated heterocycles. The van der Waals surface area contributed by atoms with Gasteiger partial charge in [0.25, 0.3) is 0 Å². The van der Waals surface area contributed by atoms with Gasteiger partial charge in [0, 0.05) is 12.6 Å². The van der Waals surface area contributed by atoms with E-state index in [1.54, 1.807) is 30.3 Å². The first kappa shape index (κ1) is 13.8. The lowest BCUT2D eigenvalue weighted by Gasteiger charge is -2.09. The molecule has 0 aromatic heterocycles. The molecule has 4 nitrogen and oxygen atoms in total. The zero-order valence-corrected chi connectivity index (χ0v) is 11.3. The van der Waals surface area contributed by atoms with Gasteiger partial charge in [-0.25, -0.2) is 4.79 Å². The maximum atomic E-state index is 11.3. The van der Waals surface area contributed by atoms with E-state index in [1.807, 2.05) is 19.1 Å². The van der Waals surface area contributed by atoms with Crippen LogP contribution in [0.1, 0.15) is 22.8 Å². The fourth-order valence-electron chi connectivity index (χ4n) is 2.05. The second kappa shape index (κ2) is 5.57. The van der Waals surface area contributed by atoms with Crippen molar-refractivity contribution in [2.45, 2.75) is 13.8 Å². The Hall–Kier alpha value is -2.62. The molecule has 102 valence electrons. The van der Waals surface area contributed by atoms with Crippen molar-refractivity contribution in [1.29, 1.82) is 0 Å². The number of carboxylic acids is 1. The minimum absolute atomic E-state index is 0.162. The molecule has 0 unspecified atom stereocenters. The molecule has 1 amide bonds. The van der Waals surface area contributed by atoms with Crippen LogP contribution in [0.3, 0.4) is 0 Å². The zero-order valence-electron chi connectivity index (χ0n) is 11.3. The summed E-state index contributed by atoms with van der Waals surface area (Å²) in [6.07, 6.45) is 0. The quantitative estimate of drug-likeness (QED) is 0.898. The van der Waals surface area contributed by atoms with Gasteiger partial charge in [-0.3, -0.25) is 4.79 Å². The third-order valence-electron chi connectivity index (χ3n) is 2.90. The van der Waals surface area contributed by atoms with Crippen LogP contribution in [0.15, 0.2) is 42.5 Å². The molecule has 0 bridgehead atoms. The van der Waals surface area contributed by atoms with Crippen molar-refractivity contribution < 1.29 is 14.7 Å². The fourth-order valence-corrected chi connectivity index (χ4v) is 2.05. The topological polar surface area (TPSA) is 66.4 Å². The largest absolute Gasteiger partial charge is 0.478 e. The van der Waals surface area contributed by atoms with Crippen molar-refractivity contribution in [3.63, 3.8) is 0 Å². The van der Waals surface area contributed by atoms with E-state index in [2.05, 4.69) is 5.32 Å². The van der Waals surface area contributed by atoms with E-state index in [4.69, 9.17) is 0 Å². The highest BCUT2D eigenvalue weighted by atomic mass is 16.4. The van der Waals surface area contributed by atoms with Gasteiger partial charge in [-0.05, 0) is 36.2 Å². The first-order valence-corrected chi connectivity index (χ1v) is 6.19. The first-order valence-electron chi connectivity index (χ1n) is 6.19. The highest BCUT2D eigenvalue weighted by molar-refractivity contribution is 5.97. The average molecular weight is 269 g/mol. The SMILES string of the molecule is CC(=O)Nc1cccc(-c2ccc(C)cc2C(=O)O)c1. The molecule has 2 aromatic carbocycles. The summed E-state index contributed by atoms with van der Waals surface area (Å²) in [7, 11) is 0. The van der Waals surface area contributed by atoms with Crippen molar-refractivity contribution in [1.82, 2.24) is 0 Å². The van der Waals surface area contributed by atoms with E-state index in [1.165, 1.54) is 6.92 Å². The van der Waals surface area contributed by atoms with Crippen molar-refractivity contribution in [3.8, 4) is 11.1 Å². The van der Waals surface area contributed by atoms with Gasteiger partial charge in [-0.15, -0.1) is 0 Å². The predicted octanol–water partition coefficient (Wildman–Crippen LogP) is 3.32. The maximum Gasteiger partial charge on any atom is 0.336 e. The van der Waals surface area contributed by atoms with Gasteiger partial charge in [-0.1, -0.05) is 29.8 Å². The number of carbonyl (C=O) groups excluding carboxylic acids is 1. The van der Waals surface area contributed by atoms with Gasteiger partial charge < -0.3 is 10.4 Å². The molecule has 0 fully saturated rings. The molecular weight excluding hydrogens is 254 g/mol. The zero-order chi connectivity index (χ0) is 14.7. The lowest BCUT2D eigenvalue weighted by molar-refractivity contribution is -0.114. The highest BCUT2D eigenvalue weighted by Gasteiger charge is 2.12. The predicted molar refractivity (Wildman–Crippen MR) is 77.9 cm³/mol. The van der Waals surface area contributed by atoms with Crippen LogP contribution in [0.25, 0.3) is 11.1 Å². The Labute approximate surface area is 117 Å². The molecule has 0 saturated carbocycles. The van der Waals surface area contributed by atoms with Crippen molar-refractivity contribution >= 4 is 17.6 Å². The second-order valence-electron chi connectivity index (χ2n) is 4.62. The normalized spacial score (nSPS) is 10.1. The molecule has 0 heterocycles. The molecular formula is C16H15NO3. The minimum atomic E-state index is -0.964. The Bertz CT molecular complexity index is 677. The van der Waals surface area contributed by atoms with Crippen LogP contribution in [0.4, 0.5) is 5.69 Å². The van der Waals surface area contributed by atoms with Gasteiger partial charge in [0.15, 0.2) is 0 Å². The molecule has 2 N–H and O–H groups in total. The van der Waals surface area contributed by atoms with E-state index in [9.17, 15) is 14.7 Å². The minimum Gasteiger partial charge on any atom is -0.478 e. The van der Waals surface area contributed by atoms with Gasteiger partial charge in [0.2, 0.25) is 5.91 Å². The molecule has 2 rings (SSSR count). The molecule has 0 aliphatic carbocycles.